The van der Waals surface area contributed by atoms with Crippen molar-refractivity contribution in [1.82, 2.24) is 5.32 Å². The van der Waals surface area contributed by atoms with Gasteiger partial charge in [-0.2, -0.15) is 0 Å². The molecule has 6 heteroatoms. The molecule has 2 amide bonds. The van der Waals surface area contributed by atoms with E-state index in [4.69, 9.17) is 10.5 Å². The van der Waals surface area contributed by atoms with Gasteiger partial charge >= 0.3 is 0 Å². The van der Waals surface area contributed by atoms with Gasteiger partial charge in [-0.25, -0.2) is 0 Å². The first-order valence-electron chi connectivity index (χ1n) is 6.33. The Balaban J connectivity index is 2.68. The third-order valence-corrected chi connectivity index (χ3v) is 3.44. The summed E-state index contributed by atoms with van der Waals surface area (Å²) in [7, 11) is 0. The standard InChI is InChI=1S/C14H19BrN2O3/c1-8(2)12(13(16)18)17-14(19)9(3)20-11-7-5-4-6-10(11)15/h4-9,12H,1-3H3,(H2,16,18)(H,17,19)/t9-,12-/m1/s1. The molecule has 0 saturated heterocycles. The number of amides is 2. The fraction of sp³-hybridized carbons (Fsp3) is 0.429. The van der Waals surface area contributed by atoms with Crippen molar-refractivity contribution < 1.29 is 14.3 Å². The number of ether oxygens (including phenoxy) is 1. The molecular formula is C14H19BrN2O3. The van der Waals surface area contributed by atoms with Gasteiger partial charge in [0.15, 0.2) is 6.10 Å². The summed E-state index contributed by atoms with van der Waals surface area (Å²) in [6, 6.07) is 6.53. The molecule has 0 spiro atoms. The van der Waals surface area contributed by atoms with Crippen LogP contribution in [0.4, 0.5) is 0 Å². The molecule has 0 fully saturated rings. The van der Waals surface area contributed by atoms with E-state index >= 15 is 0 Å². The van der Waals surface area contributed by atoms with E-state index in [1.165, 1.54) is 0 Å². The number of carbonyl (C=O) groups excluding carboxylic acids is 2. The van der Waals surface area contributed by atoms with Gasteiger partial charge in [0.25, 0.3) is 5.91 Å². The van der Waals surface area contributed by atoms with E-state index in [0.717, 1.165) is 4.47 Å². The molecule has 2 atom stereocenters. The third-order valence-electron chi connectivity index (χ3n) is 2.78. The van der Waals surface area contributed by atoms with Gasteiger partial charge in [-0.1, -0.05) is 26.0 Å². The fourth-order valence-electron chi connectivity index (χ4n) is 1.62. The average Bonchev–Trinajstić information content (AvgIpc) is 2.37. The van der Waals surface area contributed by atoms with Gasteiger partial charge in [0.2, 0.25) is 5.91 Å². The molecule has 0 saturated carbocycles. The number of nitrogens with two attached hydrogens (primary N) is 1. The van der Waals surface area contributed by atoms with E-state index < -0.39 is 18.1 Å². The van der Waals surface area contributed by atoms with Crippen molar-refractivity contribution >= 4 is 27.7 Å². The molecule has 0 unspecified atom stereocenters. The van der Waals surface area contributed by atoms with Crippen molar-refractivity contribution in [2.45, 2.75) is 32.9 Å². The van der Waals surface area contributed by atoms with E-state index in [9.17, 15) is 9.59 Å². The van der Waals surface area contributed by atoms with E-state index in [2.05, 4.69) is 21.2 Å². The van der Waals surface area contributed by atoms with Gasteiger partial charge < -0.3 is 15.8 Å². The highest BCUT2D eigenvalue weighted by Crippen LogP contribution is 2.24. The van der Waals surface area contributed by atoms with Crippen LogP contribution in [0.5, 0.6) is 5.75 Å². The number of primary amides is 1. The molecule has 1 aromatic rings. The van der Waals surface area contributed by atoms with Crippen LogP contribution in [0.3, 0.4) is 0 Å². The van der Waals surface area contributed by atoms with Gasteiger partial charge in [0, 0.05) is 0 Å². The lowest BCUT2D eigenvalue weighted by molar-refractivity contribution is -0.132. The Morgan fingerprint density at radius 3 is 2.35 bits per heavy atom. The second-order valence-corrected chi connectivity index (χ2v) is 5.68. The normalized spacial score (nSPS) is 13.7. The molecule has 0 aromatic heterocycles. The Hall–Kier alpha value is -1.56. The summed E-state index contributed by atoms with van der Waals surface area (Å²) in [6.45, 7) is 5.25. The highest BCUT2D eigenvalue weighted by molar-refractivity contribution is 9.10. The average molecular weight is 343 g/mol. The Labute approximate surface area is 127 Å². The Morgan fingerprint density at radius 1 is 1.25 bits per heavy atom. The molecule has 110 valence electrons. The molecule has 1 rings (SSSR count). The summed E-state index contributed by atoms with van der Waals surface area (Å²) >= 11 is 3.34. The largest absolute Gasteiger partial charge is 0.480 e. The maximum absolute atomic E-state index is 12.0. The van der Waals surface area contributed by atoms with Crippen LogP contribution in [0.25, 0.3) is 0 Å². The van der Waals surface area contributed by atoms with E-state index in [1.807, 2.05) is 32.0 Å². The summed E-state index contributed by atoms with van der Waals surface area (Å²) in [5.41, 5.74) is 5.26. The Morgan fingerprint density at radius 2 is 1.85 bits per heavy atom. The van der Waals surface area contributed by atoms with Gasteiger partial charge in [-0.15, -0.1) is 0 Å². The van der Waals surface area contributed by atoms with Crippen LogP contribution in [-0.4, -0.2) is 24.0 Å². The van der Waals surface area contributed by atoms with Crippen LogP contribution in [0.2, 0.25) is 0 Å². The summed E-state index contributed by atoms with van der Waals surface area (Å²) in [6.07, 6.45) is -0.728. The van der Waals surface area contributed by atoms with Crippen molar-refractivity contribution in [3.8, 4) is 5.75 Å². The number of hydrogen-bond acceptors (Lipinski definition) is 3. The van der Waals surface area contributed by atoms with Gasteiger partial charge in [-0.05, 0) is 40.9 Å². The summed E-state index contributed by atoms with van der Waals surface area (Å²) in [5, 5.41) is 2.60. The first-order chi connectivity index (χ1) is 9.32. The first kappa shape index (κ1) is 16.5. The lowest BCUT2D eigenvalue weighted by Gasteiger charge is -2.22. The lowest BCUT2D eigenvalue weighted by Crippen LogP contribution is -2.51. The molecule has 0 aliphatic rings. The van der Waals surface area contributed by atoms with Gasteiger partial charge in [-0.3, -0.25) is 9.59 Å². The fourth-order valence-corrected chi connectivity index (χ4v) is 2.00. The van der Waals surface area contributed by atoms with Crippen LogP contribution < -0.4 is 15.8 Å². The van der Waals surface area contributed by atoms with E-state index in [-0.39, 0.29) is 11.8 Å². The zero-order valence-electron chi connectivity index (χ0n) is 11.7. The number of para-hydroxylation sites is 1. The van der Waals surface area contributed by atoms with Gasteiger partial charge in [0.05, 0.1) is 4.47 Å². The minimum atomic E-state index is -0.728. The second kappa shape index (κ2) is 7.28. The zero-order chi connectivity index (χ0) is 15.3. The number of halogens is 1. The SMILES string of the molecule is CC(C)[C@@H](NC(=O)[C@@H](C)Oc1ccccc1Br)C(N)=O. The molecule has 0 heterocycles. The van der Waals surface area contributed by atoms with Crippen LogP contribution >= 0.6 is 15.9 Å². The maximum Gasteiger partial charge on any atom is 0.261 e. The van der Waals surface area contributed by atoms with Crippen molar-refractivity contribution in [3.63, 3.8) is 0 Å². The van der Waals surface area contributed by atoms with Crippen molar-refractivity contribution in [2.75, 3.05) is 0 Å². The molecule has 0 radical (unpaired) electrons. The Kier molecular flexibility index (Phi) is 6.01. The number of rotatable bonds is 6. The number of benzene rings is 1. The predicted molar refractivity (Wildman–Crippen MR) is 80.2 cm³/mol. The second-order valence-electron chi connectivity index (χ2n) is 4.82. The molecule has 20 heavy (non-hydrogen) atoms. The molecule has 0 bridgehead atoms. The number of nitrogens with one attached hydrogen (secondary N) is 1. The van der Waals surface area contributed by atoms with Crippen molar-refractivity contribution in [1.29, 1.82) is 0 Å². The topological polar surface area (TPSA) is 81.4 Å². The number of carbonyl (C=O) groups is 2. The molecule has 3 N–H and O–H groups in total. The zero-order valence-corrected chi connectivity index (χ0v) is 13.3. The van der Waals surface area contributed by atoms with Crippen LogP contribution in [0, 0.1) is 5.92 Å². The highest BCUT2D eigenvalue weighted by Gasteiger charge is 2.25. The van der Waals surface area contributed by atoms with Crippen molar-refractivity contribution in [2.24, 2.45) is 11.7 Å². The lowest BCUT2D eigenvalue weighted by atomic mass is 10.0. The smallest absolute Gasteiger partial charge is 0.261 e. The molecule has 0 aliphatic heterocycles. The minimum absolute atomic E-state index is 0.0767. The summed E-state index contributed by atoms with van der Waals surface area (Å²) in [4.78, 5) is 23.3. The molecular weight excluding hydrogens is 324 g/mol. The van der Waals surface area contributed by atoms with Gasteiger partial charge in [0.1, 0.15) is 11.8 Å². The predicted octanol–water partition coefficient (Wildman–Crippen LogP) is 1.84. The van der Waals surface area contributed by atoms with Crippen LogP contribution in [0.1, 0.15) is 20.8 Å². The highest BCUT2D eigenvalue weighted by atomic mass is 79.9. The molecule has 0 aliphatic carbocycles. The van der Waals surface area contributed by atoms with Crippen LogP contribution in [-0.2, 0) is 9.59 Å². The van der Waals surface area contributed by atoms with E-state index in [0.29, 0.717) is 5.75 Å². The quantitative estimate of drug-likeness (QED) is 0.827. The summed E-state index contributed by atoms with van der Waals surface area (Å²) < 4.78 is 6.32. The van der Waals surface area contributed by atoms with Crippen LogP contribution in [0.15, 0.2) is 28.7 Å². The monoisotopic (exact) mass is 342 g/mol. The minimum Gasteiger partial charge on any atom is -0.480 e. The molecule has 5 nitrogen and oxygen atoms in total. The maximum atomic E-state index is 12.0. The van der Waals surface area contributed by atoms with E-state index in [1.54, 1.807) is 13.0 Å². The molecule has 1 aromatic carbocycles. The third kappa shape index (κ3) is 4.52. The van der Waals surface area contributed by atoms with Crippen molar-refractivity contribution in [3.05, 3.63) is 28.7 Å². The number of hydrogen-bond donors (Lipinski definition) is 2. The Bertz CT molecular complexity index is 491. The summed E-state index contributed by atoms with van der Waals surface area (Å²) in [5.74, 6) is -0.442. The first-order valence-corrected chi connectivity index (χ1v) is 7.13.